The molecule has 0 aromatic heterocycles. The molecule has 98 valence electrons. The highest BCUT2D eigenvalue weighted by Gasteiger charge is 2.16. The predicted molar refractivity (Wildman–Crippen MR) is 72.0 cm³/mol. The summed E-state index contributed by atoms with van der Waals surface area (Å²) in [6.45, 7) is 3.23. The summed E-state index contributed by atoms with van der Waals surface area (Å²) in [5.74, 6) is 0.909. The van der Waals surface area contributed by atoms with Crippen LogP contribution >= 0.6 is 0 Å². The summed E-state index contributed by atoms with van der Waals surface area (Å²) in [5, 5.41) is 0.820. The van der Waals surface area contributed by atoms with Crippen LogP contribution in [0.3, 0.4) is 0 Å². The maximum atomic E-state index is 11.3. The smallest absolute Gasteiger partial charge is 0.331 e. The van der Waals surface area contributed by atoms with Crippen LogP contribution in [0.4, 0.5) is 0 Å². The Morgan fingerprint density at radius 2 is 1.94 bits per heavy atom. The molecule has 2 rings (SSSR count). The molecule has 0 radical (unpaired) electrons. The predicted octanol–water partition coefficient (Wildman–Crippen LogP) is 3.59. The van der Waals surface area contributed by atoms with E-state index in [4.69, 9.17) is 4.18 Å². The highest BCUT2D eigenvalue weighted by atomic mass is 32.2. The van der Waals surface area contributed by atoms with Crippen molar-refractivity contribution in [1.82, 2.24) is 0 Å². The summed E-state index contributed by atoms with van der Waals surface area (Å²) in [5.41, 5.74) is 1.17. The van der Waals surface area contributed by atoms with Gasteiger partial charge in [-0.1, -0.05) is 38.0 Å². The lowest BCUT2D eigenvalue weighted by Crippen LogP contribution is -2.07. The molecule has 0 amide bonds. The molecular formula is C14H18O3S. The molecule has 0 N–H and O–H groups in total. The van der Waals surface area contributed by atoms with Crippen LogP contribution in [0.25, 0.3) is 0 Å². The molecule has 0 unspecified atom stereocenters. The second kappa shape index (κ2) is 5.57. The zero-order valence-electron chi connectivity index (χ0n) is 10.3. The Bertz CT molecular complexity index is 514. The lowest BCUT2D eigenvalue weighted by molar-refractivity contribution is 0.442. The second-order valence-electron chi connectivity index (χ2n) is 4.65. The summed E-state index contributed by atoms with van der Waals surface area (Å²) in [7, 11) is -3.66. The summed E-state index contributed by atoms with van der Waals surface area (Å²) >= 11 is 0. The van der Waals surface area contributed by atoms with Gasteiger partial charge in [0.25, 0.3) is 0 Å². The van der Waals surface area contributed by atoms with Gasteiger partial charge in [-0.25, -0.2) is 0 Å². The molecule has 0 spiro atoms. The first kappa shape index (κ1) is 13.1. The molecule has 18 heavy (non-hydrogen) atoms. The minimum atomic E-state index is -3.66. The molecule has 1 saturated carbocycles. The lowest BCUT2D eigenvalue weighted by atomic mass is 9.84. The molecule has 0 atom stereocenters. The van der Waals surface area contributed by atoms with Crippen LogP contribution < -0.4 is 4.18 Å². The van der Waals surface area contributed by atoms with Crippen LogP contribution in [-0.4, -0.2) is 8.42 Å². The van der Waals surface area contributed by atoms with Gasteiger partial charge in [-0.3, -0.25) is 0 Å². The summed E-state index contributed by atoms with van der Waals surface area (Å²) in [4.78, 5) is 0. The fourth-order valence-corrected chi connectivity index (χ4v) is 2.86. The minimum absolute atomic E-state index is 0.373. The fourth-order valence-electron chi connectivity index (χ4n) is 2.42. The zero-order valence-corrected chi connectivity index (χ0v) is 11.2. The van der Waals surface area contributed by atoms with E-state index in [0.29, 0.717) is 11.7 Å². The Morgan fingerprint density at radius 1 is 1.22 bits per heavy atom. The van der Waals surface area contributed by atoms with Crippen molar-refractivity contribution in [3.05, 3.63) is 41.8 Å². The van der Waals surface area contributed by atoms with Gasteiger partial charge in [-0.05, 0) is 36.5 Å². The van der Waals surface area contributed by atoms with Crippen molar-refractivity contribution in [2.45, 2.75) is 38.0 Å². The van der Waals surface area contributed by atoms with Gasteiger partial charge in [0.05, 0.1) is 5.41 Å². The molecular weight excluding hydrogens is 248 g/mol. The van der Waals surface area contributed by atoms with Crippen LogP contribution in [0.15, 0.2) is 36.3 Å². The SMILES string of the molecule is C=CS(=O)(=O)Oc1cccc(C2CCCCC2)c1. The second-order valence-corrected chi connectivity index (χ2v) is 6.14. The molecule has 0 bridgehead atoms. The van der Waals surface area contributed by atoms with E-state index in [9.17, 15) is 8.42 Å². The molecule has 1 aliphatic rings. The van der Waals surface area contributed by atoms with Crippen molar-refractivity contribution in [2.24, 2.45) is 0 Å². The van der Waals surface area contributed by atoms with E-state index in [-0.39, 0.29) is 0 Å². The van der Waals surface area contributed by atoms with E-state index in [0.717, 1.165) is 5.41 Å². The Hall–Kier alpha value is -1.29. The van der Waals surface area contributed by atoms with Gasteiger partial charge < -0.3 is 4.18 Å². The molecule has 3 nitrogen and oxygen atoms in total. The first-order valence-corrected chi connectivity index (χ1v) is 7.75. The van der Waals surface area contributed by atoms with Gasteiger partial charge in [0.15, 0.2) is 0 Å². The van der Waals surface area contributed by atoms with Crippen LogP contribution in [0.1, 0.15) is 43.6 Å². The van der Waals surface area contributed by atoms with E-state index >= 15 is 0 Å². The van der Waals surface area contributed by atoms with E-state index in [1.165, 1.54) is 37.7 Å². The normalized spacial score (nSPS) is 17.3. The van der Waals surface area contributed by atoms with E-state index in [1.54, 1.807) is 6.07 Å². The summed E-state index contributed by atoms with van der Waals surface area (Å²) in [6.07, 6.45) is 6.16. The van der Waals surface area contributed by atoms with Gasteiger partial charge in [-0.15, -0.1) is 0 Å². The zero-order chi connectivity index (χ0) is 13.0. The third kappa shape index (κ3) is 3.35. The molecule has 1 aliphatic carbocycles. The van der Waals surface area contributed by atoms with Gasteiger partial charge in [0.1, 0.15) is 5.75 Å². The van der Waals surface area contributed by atoms with Crippen LogP contribution in [0.2, 0.25) is 0 Å². The molecule has 0 saturated heterocycles. The molecule has 1 fully saturated rings. The average Bonchev–Trinajstić information content (AvgIpc) is 2.40. The van der Waals surface area contributed by atoms with Crippen molar-refractivity contribution < 1.29 is 12.6 Å². The Labute approximate surface area is 109 Å². The van der Waals surface area contributed by atoms with Gasteiger partial charge in [-0.2, -0.15) is 8.42 Å². The lowest BCUT2D eigenvalue weighted by Gasteiger charge is -2.22. The van der Waals surface area contributed by atoms with E-state index in [1.807, 2.05) is 18.2 Å². The van der Waals surface area contributed by atoms with Gasteiger partial charge in [0, 0.05) is 0 Å². The quantitative estimate of drug-likeness (QED) is 0.782. The first-order valence-electron chi connectivity index (χ1n) is 6.27. The third-order valence-corrected chi connectivity index (χ3v) is 4.18. The van der Waals surface area contributed by atoms with Crippen LogP contribution in [-0.2, 0) is 10.1 Å². The maximum Gasteiger partial charge on any atom is 0.331 e. The summed E-state index contributed by atoms with van der Waals surface area (Å²) < 4.78 is 27.6. The fraction of sp³-hybridized carbons (Fsp3) is 0.429. The summed E-state index contributed by atoms with van der Waals surface area (Å²) in [6, 6.07) is 7.38. The third-order valence-electron chi connectivity index (χ3n) is 3.35. The number of hydrogen-bond donors (Lipinski definition) is 0. The van der Waals surface area contributed by atoms with Crippen LogP contribution in [0, 0.1) is 0 Å². The molecule has 4 heteroatoms. The highest BCUT2D eigenvalue weighted by Crippen LogP contribution is 2.34. The van der Waals surface area contributed by atoms with E-state index < -0.39 is 10.1 Å². The monoisotopic (exact) mass is 266 g/mol. The Kier molecular flexibility index (Phi) is 4.07. The number of benzene rings is 1. The van der Waals surface area contributed by atoms with Gasteiger partial charge in [0.2, 0.25) is 0 Å². The van der Waals surface area contributed by atoms with Crippen molar-refractivity contribution >= 4 is 10.1 Å². The molecule has 1 aromatic carbocycles. The minimum Gasteiger partial charge on any atom is -0.379 e. The molecule has 0 heterocycles. The van der Waals surface area contributed by atoms with Crippen LogP contribution in [0.5, 0.6) is 5.75 Å². The van der Waals surface area contributed by atoms with Crippen molar-refractivity contribution in [3.8, 4) is 5.75 Å². The van der Waals surface area contributed by atoms with Crippen molar-refractivity contribution in [3.63, 3.8) is 0 Å². The van der Waals surface area contributed by atoms with Crippen molar-refractivity contribution in [1.29, 1.82) is 0 Å². The largest absolute Gasteiger partial charge is 0.379 e. The van der Waals surface area contributed by atoms with Crippen molar-refractivity contribution in [2.75, 3.05) is 0 Å². The molecule has 0 aliphatic heterocycles. The number of rotatable bonds is 4. The maximum absolute atomic E-state index is 11.3. The molecule has 1 aromatic rings. The number of hydrogen-bond acceptors (Lipinski definition) is 3. The topological polar surface area (TPSA) is 43.4 Å². The van der Waals surface area contributed by atoms with Gasteiger partial charge >= 0.3 is 10.1 Å². The van der Waals surface area contributed by atoms with E-state index in [2.05, 4.69) is 6.58 Å². The first-order chi connectivity index (χ1) is 8.61. The Balaban J connectivity index is 2.16. The standard InChI is InChI=1S/C14H18O3S/c1-2-18(15,16)17-14-10-6-9-13(11-14)12-7-4-3-5-8-12/h2,6,9-12H,1,3-5,7-8H2. The highest BCUT2D eigenvalue weighted by molar-refractivity contribution is 7.90. The Morgan fingerprint density at radius 3 is 2.61 bits per heavy atom. The average molecular weight is 266 g/mol.